The van der Waals surface area contributed by atoms with E-state index < -0.39 is 18.0 Å². The van der Waals surface area contributed by atoms with Crippen molar-refractivity contribution in [2.45, 2.75) is 32.1 Å². The van der Waals surface area contributed by atoms with Crippen molar-refractivity contribution in [1.82, 2.24) is 5.32 Å². The SMILES string of the molecule is O=C(CNC1CCc2ccccc2N(CC(=O)OCc2ccccc2)C1=O)OCc1ccccc1. The summed E-state index contributed by atoms with van der Waals surface area (Å²) in [5.41, 5.74) is 3.41. The number of rotatable bonds is 9. The van der Waals surface area contributed by atoms with Gasteiger partial charge in [0.2, 0.25) is 5.91 Å². The molecule has 0 aromatic heterocycles. The van der Waals surface area contributed by atoms with Gasteiger partial charge >= 0.3 is 11.9 Å². The summed E-state index contributed by atoms with van der Waals surface area (Å²) in [5, 5.41) is 3.03. The first-order valence-electron chi connectivity index (χ1n) is 11.6. The molecule has 7 heteroatoms. The van der Waals surface area contributed by atoms with Gasteiger partial charge in [0.05, 0.1) is 12.6 Å². The molecule has 35 heavy (non-hydrogen) atoms. The van der Waals surface area contributed by atoms with Gasteiger partial charge in [0.1, 0.15) is 19.8 Å². The number of fused-ring (bicyclic) bond motifs is 1. The number of esters is 2. The van der Waals surface area contributed by atoms with E-state index >= 15 is 0 Å². The number of anilines is 1. The van der Waals surface area contributed by atoms with Crippen molar-refractivity contribution in [3.8, 4) is 0 Å². The molecule has 1 aliphatic rings. The average molecular weight is 473 g/mol. The molecule has 3 aromatic carbocycles. The Kier molecular flexibility index (Phi) is 8.25. The van der Waals surface area contributed by atoms with Gasteiger partial charge in [0.25, 0.3) is 0 Å². The van der Waals surface area contributed by atoms with Gasteiger partial charge in [-0.2, -0.15) is 0 Å². The molecule has 0 bridgehead atoms. The number of aryl methyl sites for hydroxylation is 1. The second kappa shape index (κ2) is 11.9. The van der Waals surface area contributed by atoms with Crippen LogP contribution in [-0.4, -0.2) is 37.0 Å². The Hall–Kier alpha value is -3.97. The first-order chi connectivity index (χ1) is 17.1. The normalized spacial score (nSPS) is 15.1. The van der Waals surface area contributed by atoms with E-state index in [1.165, 1.54) is 4.90 Å². The molecule has 1 unspecified atom stereocenters. The van der Waals surface area contributed by atoms with Gasteiger partial charge in [-0.15, -0.1) is 0 Å². The lowest BCUT2D eigenvalue weighted by Gasteiger charge is -2.25. The van der Waals surface area contributed by atoms with E-state index in [-0.39, 0.29) is 32.2 Å². The fourth-order valence-corrected chi connectivity index (χ4v) is 3.98. The molecule has 0 spiro atoms. The van der Waals surface area contributed by atoms with E-state index in [0.717, 1.165) is 16.7 Å². The van der Waals surface area contributed by atoms with Crippen LogP contribution in [0.1, 0.15) is 23.1 Å². The zero-order valence-electron chi connectivity index (χ0n) is 19.4. The van der Waals surface area contributed by atoms with Crippen LogP contribution in [-0.2, 0) is 43.5 Å². The van der Waals surface area contributed by atoms with Gasteiger partial charge in [-0.3, -0.25) is 24.6 Å². The molecule has 1 aliphatic heterocycles. The number of nitrogens with one attached hydrogen (secondary N) is 1. The predicted octanol–water partition coefficient (Wildman–Crippen LogP) is 3.41. The second-order valence-corrected chi connectivity index (χ2v) is 8.32. The van der Waals surface area contributed by atoms with Crippen molar-refractivity contribution in [1.29, 1.82) is 0 Å². The van der Waals surface area contributed by atoms with E-state index in [1.807, 2.05) is 84.9 Å². The summed E-state index contributed by atoms with van der Waals surface area (Å²) >= 11 is 0. The minimum absolute atomic E-state index is 0.105. The first-order valence-corrected chi connectivity index (χ1v) is 11.6. The fourth-order valence-electron chi connectivity index (χ4n) is 3.98. The number of para-hydroxylation sites is 1. The number of benzene rings is 3. The second-order valence-electron chi connectivity index (χ2n) is 8.32. The summed E-state index contributed by atoms with van der Waals surface area (Å²) < 4.78 is 10.7. The summed E-state index contributed by atoms with van der Waals surface area (Å²) in [5.74, 6) is -1.22. The molecular formula is C28H28N2O5. The molecule has 0 aliphatic carbocycles. The lowest BCUT2D eigenvalue weighted by molar-refractivity contribution is -0.145. The molecule has 1 atom stereocenters. The summed E-state index contributed by atoms with van der Waals surface area (Å²) in [6.45, 7) is -0.00569. The van der Waals surface area contributed by atoms with Gasteiger partial charge in [-0.25, -0.2) is 0 Å². The Morgan fingerprint density at radius 2 is 1.37 bits per heavy atom. The van der Waals surface area contributed by atoms with Crippen LogP contribution < -0.4 is 10.2 Å². The highest BCUT2D eigenvalue weighted by atomic mass is 16.5. The molecule has 1 heterocycles. The number of ether oxygens (including phenoxy) is 2. The molecule has 180 valence electrons. The van der Waals surface area contributed by atoms with Crippen LogP contribution in [0.25, 0.3) is 0 Å². The molecule has 0 radical (unpaired) electrons. The number of nitrogens with zero attached hydrogens (tertiary/aromatic N) is 1. The molecule has 0 fully saturated rings. The third kappa shape index (κ3) is 6.77. The Morgan fingerprint density at radius 3 is 2.03 bits per heavy atom. The first kappa shape index (κ1) is 24.2. The average Bonchev–Trinajstić information content (AvgIpc) is 3.03. The monoisotopic (exact) mass is 472 g/mol. The lowest BCUT2D eigenvalue weighted by atomic mass is 10.1. The molecule has 1 N–H and O–H groups in total. The van der Waals surface area contributed by atoms with Crippen LogP contribution in [0.4, 0.5) is 5.69 Å². The van der Waals surface area contributed by atoms with Gasteiger partial charge in [0.15, 0.2) is 0 Å². The van der Waals surface area contributed by atoms with Crippen LogP contribution in [0.3, 0.4) is 0 Å². The highest BCUT2D eigenvalue weighted by molar-refractivity contribution is 6.02. The molecule has 4 rings (SSSR count). The number of carbonyl (C=O) groups excluding carboxylic acids is 3. The van der Waals surface area contributed by atoms with Crippen molar-refractivity contribution in [3.05, 3.63) is 102 Å². The minimum atomic E-state index is -0.631. The fraction of sp³-hybridized carbons (Fsp3) is 0.250. The quantitative estimate of drug-likeness (QED) is 0.481. The molecule has 0 saturated carbocycles. The predicted molar refractivity (Wildman–Crippen MR) is 131 cm³/mol. The van der Waals surface area contributed by atoms with Crippen molar-refractivity contribution in [2.75, 3.05) is 18.0 Å². The minimum Gasteiger partial charge on any atom is -0.460 e. The van der Waals surface area contributed by atoms with Gasteiger partial charge in [0, 0.05) is 5.69 Å². The van der Waals surface area contributed by atoms with Crippen molar-refractivity contribution >= 4 is 23.5 Å². The van der Waals surface area contributed by atoms with E-state index in [2.05, 4.69) is 5.32 Å². The smallest absolute Gasteiger partial charge is 0.326 e. The van der Waals surface area contributed by atoms with E-state index in [9.17, 15) is 14.4 Å². The topological polar surface area (TPSA) is 84.9 Å². The van der Waals surface area contributed by atoms with Gasteiger partial charge in [-0.1, -0.05) is 78.9 Å². The Labute approximate surface area is 204 Å². The summed E-state index contributed by atoms with van der Waals surface area (Å²) in [6, 6.07) is 25.7. The van der Waals surface area contributed by atoms with E-state index in [1.54, 1.807) is 0 Å². The zero-order valence-corrected chi connectivity index (χ0v) is 19.4. The number of amides is 1. The highest BCUT2D eigenvalue weighted by Crippen LogP contribution is 2.27. The van der Waals surface area contributed by atoms with E-state index in [0.29, 0.717) is 18.5 Å². The molecular weight excluding hydrogens is 444 g/mol. The number of hydrogen-bond acceptors (Lipinski definition) is 6. The highest BCUT2D eigenvalue weighted by Gasteiger charge is 2.32. The van der Waals surface area contributed by atoms with Crippen molar-refractivity contribution in [3.63, 3.8) is 0 Å². The van der Waals surface area contributed by atoms with Crippen molar-refractivity contribution in [2.24, 2.45) is 0 Å². The number of carbonyl (C=O) groups is 3. The van der Waals surface area contributed by atoms with Gasteiger partial charge < -0.3 is 9.47 Å². The van der Waals surface area contributed by atoms with Crippen LogP contribution in [0, 0.1) is 0 Å². The Balaban J connectivity index is 1.37. The van der Waals surface area contributed by atoms with Crippen LogP contribution in [0.2, 0.25) is 0 Å². The molecule has 3 aromatic rings. The molecule has 1 amide bonds. The zero-order chi connectivity index (χ0) is 24.5. The maximum atomic E-state index is 13.4. The van der Waals surface area contributed by atoms with E-state index in [4.69, 9.17) is 9.47 Å². The van der Waals surface area contributed by atoms with Crippen LogP contribution in [0.5, 0.6) is 0 Å². The van der Waals surface area contributed by atoms with Gasteiger partial charge in [-0.05, 0) is 35.6 Å². The standard InChI is InChI=1S/C28H28N2O5/c31-26(34-19-21-9-3-1-4-10-21)17-29-24-16-15-23-13-7-8-14-25(23)30(28(24)33)18-27(32)35-20-22-11-5-2-6-12-22/h1-14,24,29H,15-20H2. The van der Waals surface area contributed by atoms with Crippen molar-refractivity contribution < 1.29 is 23.9 Å². The van der Waals surface area contributed by atoms with Crippen LogP contribution in [0.15, 0.2) is 84.9 Å². The third-order valence-electron chi connectivity index (χ3n) is 5.81. The molecule has 0 saturated heterocycles. The number of hydrogen-bond donors (Lipinski definition) is 1. The largest absolute Gasteiger partial charge is 0.460 e. The summed E-state index contributed by atoms with van der Waals surface area (Å²) in [7, 11) is 0. The maximum Gasteiger partial charge on any atom is 0.326 e. The summed E-state index contributed by atoms with van der Waals surface area (Å²) in [4.78, 5) is 39.8. The molecule has 7 nitrogen and oxygen atoms in total. The lowest BCUT2D eigenvalue weighted by Crippen LogP contribution is -2.49. The summed E-state index contributed by atoms with van der Waals surface area (Å²) in [6.07, 6.45) is 1.13. The third-order valence-corrected chi connectivity index (χ3v) is 5.81. The Morgan fingerprint density at radius 1 is 0.800 bits per heavy atom. The Bertz CT molecular complexity index is 1150. The maximum absolute atomic E-state index is 13.4. The van der Waals surface area contributed by atoms with Crippen LogP contribution >= 0.6 is 0 Å².